The summed E-state index contributed by atoms with van der Waals surface area (Å²) in [5, 5.41) is 3.52. The zero-order valence-electron chi connectivity index (χ0n) is 12.7. The molecule has 0 aliphatic rings. The Kier molecular flexibility index (Phi) is 5.76. The number of nitrogens with one attached hydrogen (secondary N) is 1. The highest BCUT2D eigenvalue weighted by atomic mass is 19.1. The molecule has 0 fully saturated rings. The van der Waals surface area contributed by atoms with Crippen molar-refractivity contribution in [1.29, 1.82) is 0 Å². The number of hydrogen-bond acceptors (Lipinski definition) is 2. The predicted octanol–water partition coefficient (Wildman–Crippen LogP) is 4.00. The molecule has 3 heteroatoms. The first kappa shape index (κ1) is 15.5. The molecule has 1 N–H and O–H groups in total. The van der Waals surface area contributed by atoms with E-state index in [9.17, 15) is 4.39 Å². The lowest BCUT2D eigenvalue weighted by Crippen LogP contribution is -2.27. The van der Waals surface area contributed by atoms with Crippen molar-refractivity contribution in [3.05, 3.63) is 66.0 Å². The lowest BCUT2D eigenvalue weighted by atomic mass is 10.0. The highest BCUT2D eigenvalue weighted by molar-refractivity contribution is 5.45. The van der Waals surface area contributed by atoms with Gasteiger partial charge in [-0.15, -0.1) is 0 Å². The van der Waals surface area contributed by atoms with Crippen LogP contribution in [0.2, 0.25) is 0 Å². The Morgan fingerprint density at radius 3 is 2.52 bits per heavy atom. The van der Waals surface area contributed by atoms with E-state index < -0.39 is 0 Å². The van der Waals surface area contributed by atoms with Crippen molar-refractivity contribution in [2.75, 3.05) is 25.0 Å². The molecule has 0 aliphatic carbocycles. The van der Waals surface area contributed by atoms with Gasteiger partial charge in [0.1, 0.15) is 5.82 Å². The molecule has 2 aromatic rings. The van der Waals surface area contributed by atoms with Crippen LogP contribution in [0, 0.1) is 5.82 Å². The summed E-state index contributed by atoms with van der Waals surface area (Å²) in [6.45, 7) is 3.92. The van der Waals surface area contributed by atoms with E-state index in [1.165, 1.54) is 11.6 Å². The molecule has 0 radical (unpaired) electrons. The van der Waals surface area contributed by atoms with Crippen LogP contribution >= 0.6 is 0 Å². The summed E-state index contributed by atoms with van der Waals surface area (Å²) < 4.78 is 13.3. The summed E-state index contributed by atoms with van der Waals surface area (Å²) in [5.74, 6) is -0.189. The summed E-state index contributed by atoms with van der Waals surface area (Å²) in [6.07, 6.45) is 0.977. The lowest BCUT2D eigenvalue weighted by Gasteiger charge is -2.24. The van der Waals surface area contributed by atoms with Gasteiger partial charge in [0.15, 0.2) is 0 Å². The smallest absolute Gasteiger partial charge is 0.125 e. The maximum atomic E-state index is 13.3. The first-order valence-corrected chi connectivity index (χ1v) is 7.45. The molecule has 0 bridgehead atoms. The Balaban J connectivity index is 1.98. The van der Waals surface area contributed by atoms with Crippen LogP contribution < -0.4 is 10.2 Å². The number of hydrogen-bond donors (Lipinski definition) is 1. The highest BCUT2D eigenvalue weighted by Crippen LogP contribution is 2.19. The second-order valence-corrected chi connectivity index (χ2v) is 5.21. The standard InChI is InChI=1S/C18H23FN2/c1-3-20-18(15-8-5-4-6-9-15)12-13-21(2)17-11-7-10-16(19)14-17/h4-11,14,18,20H,3,12-13H2,1-2H3. The van der Waals surface area contributed by atoms with Crippen LogP contribution in [0.3, 0.4) is 0 Å². The number of anilines is 1. The molecule has 1 atom stereocenters. The van der Waals surface area contributed by atoms with Crippen molar-refractivity contribution in [2.45, 2.75) is 19.4 Å². The Morgan fingerprint density at radius 1 is 1.10 bits per heavy atom. The average molecular weight is 286 g/mol. The van der Waals surface area contributed by atoms with Gasteiger partial charge in [-0.2, -0.15) is 0 Å². The monoisotopic (exact) mass is 286 g/mol. The van der Waals surface area contributed by atoms with E-state index in [-0.39, 0.29) is 5.82 Å². The molecule has 0 aliphatic heterocycles. The molecule has 0 amide bonds. The fourth-order valence-electron chi connectivity index (χ4n) is 2.48. The third kappa shape index (κ3) is 4.57. The third-order valence-corrected chi connectivity index (χ3v) is 3.65. The van der Waals surface area contributed by atoms with Crippen molar-refractivity contribution >= 4 is 5.69 Å². The quantitative estimate of drug-likeness (QED) is 0.827. The molecule has 2 aromatic carbocycles. The van der Waals surface area contributed by atoms with E-state index in [0.29, 0.717) is 6.04 Å². The van der Waals surface area contributed by atoms with Crippen molar-refractivity contribution in [3.8, 4) is 0 Å². The van der Waals surface area contributed by atoms with Crippen LogP contribution in [-0.4, -0.2) is 20.1 Å². The second-order valence-electron chi connectivity index (χ2n) is 5.21. The van der Waals surface area contributed by atoms with Crippen molar-refractivity contribution < 1.29 is 4.39 Å². The van der Waals surface area contributed by atoms with Gasteiger partial charge in [0.25, 0.3) is 0 Å². The van der Waals surface area contributed by atoms with Gasteiger partial charge in [0, 0.05) is 25.3 Å². The third-order valence-electron chi connectivity index (χ3n) is 3.65. The van der Waals surface area contributed by atoms with Gasteiger partial charge in [-0.3, -0.25) is 0 Å². The van der Waals surface area contributed by atoms with E-state index in [4.69, 9.17) is 0 Å². The molecule has 0 saturated heterocycles. The highest BCUT2D eigenvalue weighted by Gasteiger charge is 2.11. The van der Waals surface area contributed by atoms with E-state index in [0.717, 1.165) is 25.2 Å². The molecule has 1 unspecified atom stereocenters. The van der Waals surface area contributed by atoms with Gasteiger partial charge in [0.2, 0.25) is 0 Å². The molecule has 112 valence electrons. The molecule has 2 rings (SSSR count). The number of nitrogens with zero attached hydrogens (tertiary/aromatic N) is 1. The number of halogens is 1. The van der Waals surface area contributed by atoms with Gasteiger partial charge in [-0.05, 0) is 36.7 Å². The second kappa shape index (κ2) is 7.79. The molecule has 0 spiro atoms. The maximum Gasteiger partial charge on any atom is 0.125 e. The van der Waals surface area contributed by atoms with Crippen molar-refractivity contribution in [3.63, 3.8) is 0 Å². The lowest BCUT2D eigenvalue weighted by molar-refractivity contribution is 0.516. The molecule has 2 nitrogen and oxygen atoms in total. The Morgan fingerprint density at radius 2 is 1.86 bits per heavy atom. The minimum atomic E-state index is -0.189. The topological polar surface area (TPSA) is 15.3 Å². The van der Waals surface area contributed by atoms with Crippen LogP contribution in [0.5, 0.6) is 0 Å². The van der Waals surface area contributed by atoms with Crippen LogP contribution in [0.25, 0.3) is 0 Å². The molecule has 0 aromatic heterocycles. The molecular formula is C18H23FN2. The van der Waals surface area contributed by atoms with E-state index in [1.54, 1.807) is 12.1 Å². The minimum Gasteiger partial charge on any atom is -0.374 e. The molecule has 0 saturated carbocycles. The fourth-order valence-corrected chi connectivity index (χ4v) is 2.48. The van der Waals surface area contributed by atoms with Crippen LogP contribution in [0.15, 0.2) is 54.6 Å². The van der Waals surface area contributed by atoms with Crippen molar-refractivity contribution in [1.82, 2.24) is 5.32 Å². The summed E-state index contributed by atoms with van der Waals surface area (Å²) in [7, 11) is 2.00. The van der Waals surface area contributed by atoms with Gasteiger partial charge in [-0.1, -0.05) is 43.3 Å². The predicted molar refractivity (Wildman–Crippen MR) is 87.1 cm³/mol. The van der Waals surface area contributed by atoms with Crippen LogP contribution in [0.1, 0.15) is 24.9 Å². The van der Waals surface area contributed by atoms with Crippen molar-refractivity contribution in [2.24, 2.45) is 0 Å². The molecule has 0 heterocycles. The number of rotatable bonds is 7. The van der Waals surface area contributed by atoms with E-state index in [2.05, 4.69) is 41.4 Å². The van der Waals surface area contributed by atoms with E-state index >= 15 is 0 Å². The van der Waals surface area contributed by atoms with Gasteiger partial charge in [-0.25, -0.2) is 4.39 Å². The summed E-state index contributed by atoms with van der Waals surface area (Å²) in [4.78, 5) is 2.09. The molecule has 21 heavy (non-hydrogen) atoms. The Hall–Kier alpha value is -1.87. The number of benzene rings is 2. The first-order chi connectivity index (χ1) is 10.2. The maximum absolute atomic E-state index is 13.3. The largest absolute Gasteiger partial charge is 0.374 e. The van der Waals surface area contributed by atoms with Gasteiger partial charge in [0.05, 0.1) is 0 Å². The normalized spacial score (nSPS) is 12.1. The zero-order chi connectivity index (χ0) is 15.1. The SMILES string of the molecule is CCNC(CCN(C)c1cccc(F)c1)c1ccccc1. The van der Waals surface area contributed by atoms with Crippen LogP contribution in [-0.2, 0) is 0 Å². The molecular weight excluding hydrogens is 263 g/mol. The summed E-state index contributed by atoms with van der Waals surface area (Å²) >= 11 is 0. The van der Waals surface area contributed by atoms with Crippen LogP contribution in [0.4, 0.5) is 10.1 Å². The minimum absolute atomic E-state index is 0.189. The fraction of sp³-hybridized carbons (Fsp3) is 0.333. The average Bonchev–Trinajstić information content (AvgIpc) is 2.52. The van der Waals surface area contributed by atoms with E-state index in [1.807, 2.05) is 19.2 Å². The van der Waals surface area contributed by atoms with Gasteiger partial charge >= 0.3 is 0 Å². The van der Waals surface area contributed by atoms with Gasteiger partial charge < -0.3 is 10.2 Å². The zero-order valence-corrected chi connectivity index (χ0v) is 12.7. The Labute approximate surface area is 126 Å². The summed E-state index contributed by atoms with van der Waals surface area (Å²) in [5.41, 5.74) is 2.21. The summed E-state index contributed by atoms with van der Waals surface area (Å²) in [6, 6.07) is 17.5. The first-order valence-electron chi connectivity index (χ1n) is 7.45. The Bertz CT molecular complexity index is 542.